The van der Waals surface area contributed by atoms with Gasteiger partial charge in [-0.05, 0) is 44.4 Å². The lowest BCUT2D eigenvalue weighted by Gasteiger charge is -2.21. The summed E-state index contributed by atoms with van der Waals surface area (Å²) in [5.74, 6) is 0.0375. The van der Waals surface area contributed by atoms with E-state index in [0.29, 0.717) is 0 Å². The lowest BCUT2D eigenvalue weighted by molar-refractivity contribution is 0.0942. The molecule has 0 saturated carbocycles. The summed E-state index contributed by atoms with van der Waals surface area (Å²) in [6.07, 6.45) is 2.09. The van der Waals surface area contributed by atoms with Crippen LogP contribution in [-0.2, 0) is 6.42 Å². The van der Waals surface area contributed by atoms with E-state index in [-0.39, 0.29) is 24.4 Å². The molecule has 1 aromatic carbocycles. The number of nitrogens with one attached hydrogen (secondary N) is 2. The van der Waals surface area contributed by atoms with Crippen molar-refractivity contribution in [3.05, 3.63) is 29.3 Å². The molecule has 94 valence electrons. The summed E-state index contributed by atoms with van der Waals surface area (Å²) in [5, 5.41) is 6.27. The molecule has 2 rings (SSSR count). The number of carbonyl (C=O) groups excluding carboxylic acids is 1. The number of benzene rings is 1. The van der Waals surface area contributed by atoms with Crippen molar-refractivity contribution < 1.29 is 4.79 Å². The lowest BCUT2D eigenvalue weighted by atomic mass is 9.97. The molecule has 1 aromatic rings. The first kappa shape index (κ1) is 13.8. The Morgan fingerprint density at radius 1 is 1.41 bits per heavy atom. The molecule has 0 saturated heterocycles. The molecule has 0 fully saturated rings. The number of hydrogen-bond donors (Lipinski definition) is 2. The van der Waals surface area contributed by atoms with E-state index in [1.54, 1.807) is 0 Å². The van der Waals surface area contributed by atoms with Gasteiger partial charge in [-0.15, -0.1) is 12.4 Å². The fourth-order valence-corrected chi connectivity index (χ4v) is 2.06. The normalized spacial score (nSPS) is 13.4. The predicted octanol–water partition coefficient (Wildman–Crippen LogP) is 2.60. The lowest BCUT2D eigenvalue weighted by Crippen LogP contribution is -2.31. The van der Waals surface area contributed by atoms with Gasteiger partial charge in [-0.2, -0.15) is 0 Å². The van der Waals surface area contributed by atoms with Crippen molar-refractivity contribution in [1.29, 1.82) is 0 Å². The van der Waals surface area contributed by atoms with Crippen LogP contribution in [0.4, 0.5) is 5.69 Å². The molecule has 2 N–H and O–H groups in total. The van der Waals surface area contributed by atoms with Crippen LogP contribution in [0, 0.1) is 0 Å². The molecule has 1 aliphatic rings. The maximum Gasteiger partial charge on any atom is 0.251 e. The molecular formula is C13H19ClN2O. The third-order valence-corrected chi connectivity index (χ3v) is 2.76. The molecule has 17 heavy (non-hydrogen) atoms. The van der Waals surface area contributed by atoms with Gasteiger partial charge in [0.05, 0.1) is 0 Å². The third-order valence-electron chi connectivity index (χ3n) is 2.76. The second kappa shape index (κ2) is 5.92. The van der Waals surface area contributed by atoms with Gasteiger partial charge in [0.15, 0.2) is 0 Å². The van der Waals surface area contributed by atoms with Crippen molar-refractivity contribution in [3.63, 3.8) is 0 Å². The average molecular weight is 255 g/mol. The minimum atomic E-state index is 0. The first-order valence-corrected chi connectivity index (χ1v) is 5.85. The van der Waals surface area contributed by atoms with E-state index in [9.17, 15) is 4.79 Å². The molecule has 1 heterocycles. The van der Waals surface area contributed by atoms with Crippen LogP contribution in [0.1, 0.15) is 36.2 Å². The van der Waals surface area contributed by atoms with Crippen molar-refractivity contribution in [2.24, 2.45) is 0 Å². The summed E-state index contributed by atoms with van der Waals surface area (Å²) in [6.45, 7) is 4.96. The Hall–Kier alpha value is -1.22. The summed E-state index contributed by atoms with van der Waals surface area (Å²) in [4.78, 5) is 12.0. The van der Waals surface area contributed by atoms with Gasteiger partial charge in [0.2, 0.25) is 0 Å². The van der Waals surface area contributed by atoms with E-state index in [2.05, 4.69) is 10.6 Å². The molecule has 0 atom stereocenters. The molecule has 0 unspecified atom stereocenters. The second-order valence-electron chi connectivity index (χ2n) is 4.49. The van der Waals surface area contributed by atoms with Crippen LogP contribution in [0.3, 0.4) is 0 Å². The Balaban J connectivity index is 0.00000144. The Bertz CT molecular complexity index is 404. The standard InChI is InChI=1S/C13H18N2O.ClH/c1-9(2)15-13(16)11-5-3-7-12-10(11)6-4-8-14-12;/h3,5,7,9,14H,4,6,8H2,1-2H3,(H,15,16);1H. The molecule has 4 heteroatoms. The van der Waals surface area contributed by atoms with Gasteiger partial charge in [-0.25, -0.2) is 0 Å². The van der Waals surface area contributed by atoms with Crippen LogP contribution in [0.5, 0.6) is 0 Å². The summed E-state index contributed by atoms with van der Waals surface area (Å²) in [6, 6.07) is 6.07. The van der Waals surface area contributed by atoms with Gasteiger partial charge < -0.3 is 10.6 Å². The van der Waals surface area contributed by atoms with E-state index in [1.807, 2.05) is 32.0 Å². The summed E-state index contributed by atoms with van der Waals surface area (Å²) >= 11 is 0. The first-order valence-electron chi connectivity index (χ1n) is 5.85. The molecule has 1 amide bonds. The van der Waals surface area contributed by atoms with E-state index >= 15 is 0 Å². The van der Waals surface area contributed by atoms with Crippen LogP contribution in [-0.4, -0.2) is 18.5 Å². The molecule has 0 bridgehead atoms. The fourth-order valence-electron chi connectivity index (χ4n) is 2.06. The van der Waals surface area contributed by atoms with Crippen LogP contribution >= 0.6 is 12.4 Å². The van der Waals surface area contributed by atoms with Crippen LogP contribution < -0.4 is 10.6 Å². The maximum atomic E-state index is 12.0. The highest BCUT2D eigenvalue weighted by Crippen LogP contribution is 2.25. The molecule has 0 radical (unpaired) electrons. The van der Waals surface area contributed by atoms with Crippen molar-refractivity contribution in [2.75, 3.05) is 11.9 Å². The largest absolute Gasteiger partial charge is 0.385 e. The van der Waals surface area contributed by atoms with Crippen molar-refractivity contribution >= 4 is 24.0 Å². The number of rotatable bonds is 2. The zero-order valence-corrected chi connectivity index (χ0v) is 11.1. The van der Waals surface area contributed by atoms with E-state index in [1.165, 1.54) is 0 Å². The highest BCUT2D eigenvalue weighted by Gasteiger charge is 2.17. The summed E-state index contributed by atoms with van der Waals surface area (Å²) in [7, 11) is 0. The Morgan fingerprint density at radius 2 is 2.18 bits per heavy atom. The fraction of sp³-hybridized carbons (Fsp3) is 0.462. The van der Waals surface area contributed by atoms with E-state index in [0.717, 1.165) is 36.2 Å². The zero-order chi connectivity index (χ0) is 11.5. The number of fused-ring (bicyclic) bond motifs is 1. The predicted molar refractivity (Wildman–Crippen MR) is 73.1 cm³/mol. The van der Waals surface area contributed by atoms with E-state index in [4.69, 9.17) is 0 Å². The minimum Gasteiger partial charge on any atom is -0.385 e. The highest BCUT2D eigenvalue weighted by atomic mass is 35.5. The van der Waals surface area contributed by atoms with Crippen LogP contribution in [0.2, 0.25) is 0 Å². The number of hydrogen-bond acceptors (Lipinski definition) is 2. The number of anilines is 1. The van der Waals surface area contributed by atoms with Crippen molar-refractivity contribution in [1.82, 2.24) is 5.32 Å². The van der Waals surface area contributed by atoms with E-state index < -0.39 is 0 Å². The Labute approximate surface area is 108 Å². The van der Waals surface area contributed by atoms with Gasteiger partial charge >= 0.3 is 0 Å². The summed E-state index contributed by atoms with van der Waals surface area (Å²) < 4.78 is 0. The van der Waals surface area contributed by atoms with Gasteiger partial charge in [-0.1, -0.05) is 6.07 Å². The second-order valence-corrected chi connectivity index (χ2v) is 4.49. The third kappa shape index (κ3) is 3.13. The van der Waals surface area contributed by atoms with Gasteiger partial charge in [0.25, 0.3) is 5.91 Å². The monoisotopic (exact) mass is 254 g/mol. The average Bonchev–Trinajstić information content (AvgIpc) is 2.27. The number of halogens is 1. The van der Waals surface area contributed by atoms with Gasteiger partial charge in [0.1, 0.15) is 0 Å². The first-order chi connectivity index (χ1) is 7.68. The molecule has 0 aliphatic carbocycles. The van der Waals surface area contributed by atoms with Crippen LogP contribution in [0.25, 0.3) is 0 Å². The molecule has 0 aromatic heterocycles. The quantitative estimate of drug-likeness (QED) is 0.852. The minimum absolute atomic E-state index is 0. The molecular weight excluding hydrogens is 236 g/mol. The van der Waals surface area contributed by atoms with Gasteiger partial charge in [0, 0.05) is 23.8 Å². The highest BCUT2D eigenvalue weighted by molar-refractivity contribution is 5.97. The zero-order valence-electron chi connectivity index (χ0n) is 10.2. The number of carbonyl (C=O) groups is 1. The van der Waals surface area contributed by atoms with Gasteiger partial charge in [-0.3, -0.25) is 4.79 Å². The van der Waals surface area contributed by atoms with Crippen molar-refractivity contribution in [3.8, 4) is 0 Å². The molecule has 3 nitrogen and oxygen atoms in total. The Morgan fingerprint density at radius 3 is 2.88 bits per heavy atom. The Kier molecular flexibility index (Phi) is 4.82. The van der Waals surface area contributed by atoms with Crippen molar-refractivity contribution in [2.45, 2.75) is 32.7 Å². The molecule has 0 spiro atoms. The number of amides is 1. The van der Waals surface area contributed by atoms with Crippen LogP contribution in [0.15, 0.2) is 18.2 Å². The maximum absolute atomic E-state index is 12.0. The SMILES string of the molecule is CC(C)NC(=O)c1cccc2c1CCCN2.Cl. The topological polar surface area (TPSA) is 41.1 Å². The summed E-state index contributed by atoms with van der Waals surface area (Å²) in [5.41, 5.74) is 3.09. The molecule has 1 aliphatic heterocycles. The smallest absolute Gasteiger partial charge is 0.251 e.